The fourth-order valence-electron chi connectivity index (χ4n) is 2.60. The molecule has 140 valence electrons. The standard InChI is InChI=1S/C19H21N5O3/c1-24-15(9-10-21-24)19(25)23-17-8-7-14(18(20)22-17)13-5-3-4-6-16(13)27-12-11-26-2/h3-10H,11-12H2,1-2H3,(H3,20,22,23,25). The molecule has 0 radical (unpaired) electrons. The second kappa shape index (κ2) is 8.33. The quantitative estimate of drug-likeness (QED) is 0.621. The van der Waals surface area contributed by atoms with Crippen LogP contribution in [0.4, 0.5) is 11.6 Å². The minimum atomic E-state index is -0.307. The Morgan fingerprint density at radius 3 is 2.67 bits per heavy atom. The lowest BCUT2D eigenvalue weighted by Gasteiger charge is -2.13. The molecule has 0 spiro atoms. The monoisotopic (exact) mass is 367 g/mol. The predicted molar refractivity (Wildman–Crippen MR) is 103 cm³/mol. The molecule has 1 aromatic carbocycles. The number of rotatable bonds is 7. The predicted octanol–water partition coefficient (Wildman–Crippen LogP) is 2.34. The van der Waals surface area contributed by atoms with Crippen molar-refractivity contribution in [2.24, 2.45) is 7.05 Å². The molecule has 0 aliphatic carbocycles. The van der Waals surface area contributed by atoms with E-state index < -0.39 is 0 Å². The van der Waals surface area contributed by atoms with Crippen molar-refractivity contribution < 1.29 is 14.3 Å². The number of hydrogen-bond acceptors (Lipinski definition) is 6. The van der Waals surface area contributed by atoms with Crippen LogP contribution < -0.4 is 15.8 Å². The van der Waals surface area contributed by atoms with E-state index >= 15 is 0 Å². The number of amides is 1. The molecular formula is C19H21N5O3. The zero-order valence-corrected chi connectivity index (χ0v) is 15.2. The molecular weight excluding hydrogens is 346 g/mol. The molecule has 8 nitrogen and oxygen atoms in total. The number of carbonyl (C=O) groups is 1. The summed E-state index contributed by atoms with van der Waals surface area (Å²) < 4.78 is 12.3. The summed E-state index contributed by atoms with van der Waals surface area (Å²) in [6, 6.07) is 12.7. The molecule has 2 heterocycles. The van der Waals surface area contributed by atoms with Crippen LogP contribution in [-0.2, 0) is 11.8 Å². The first-order valence-electron chi connectivity index (χ1n) is 8.37. The molecule has 0 aliphatic rings. The first-order chi connectivity index (χ1) is 13.1. The third-order valence-corrected chi connectivity index (χ3v) is 3.94. The highest BCUT2D eigenvalue weighted by atomic mass is 16.5. The third-order valence-electron chi connectivity index (χ3n) is 3.94. The highest BCUT2D eigenvalue weighted by molar-refractivity contribution is 6.02. The number of nitrogen functional groups attached to an aromatic ring is 1. The number of aromatic nitrogens is 3. The van der Waals surface area contributed by atoms with Crippen LogP contribution >= 0.6 is 0 Å². The van der Waals surface area contributed by atoms with Gasteiger partial charge in [0.2, 0.25) is 0 Å². The fourth-order valence-corrected chi connectivity index (χ4v) is 2.60. The molecule has 1 amide bonds. The molecule has 2 aromatic heterocycles. The highest BCUT2D eigenvalue weighted by Crippen LogP contribution is 2.33. The largest absolute Gasteiger partial charge is 0.491 e. The molecule has 0 atom stereocenters. The average molecular weight is 367 g/mol. The summed E-state index contributed by atoms with van der Waals surface area (Å²) in [6.07, 6.45) is 1.56. The maximum absolute atomic E-state index is 12.3. The van der Waals surface area contributed by atoms with Gasteiger partial charge >= 0.3 is 0 Å². The maximum atomic E-state index is 12.3. The van der Waals surface area contributed by atoms with E-state index in [0.717, 1.165) is 11.1 Å². The second-order valence-electron chi connectivity index (χ2n) is 5.76. The van der Waals surface area contributed by atoms with Crippen LogP contribution in [0, 0.1) is 0 Å². The van der Waals surface area contributed by atoms with Crippen molar-refractivity contribution in [2.45, 2.75) is 0 Å². The zero-order chi connectivity index (χ0) is 19.2. The Morgan fingerprint density at radius 2 is 1.96 bits per heavy atom. The van der Waals surface area contributed by atoms with E-state index in [1.807, 2.05) is 24.3 Å². The van der Waals surface area contributed by atoms with E-state index in [9.17, 15) is 4.79 Å². The van der Waals surface area contributed by atoms with Crippen LogP contribution in [0.5, 0.6) is 5.75 Å². The normalized spacial score (nSPS) is 10.6. The molecule has 0 fully saturated rings. The molecule has 0 unspecified atom stereocenters. The number of aryl methyl sites for hydroxylation is 1. The van der Waals surface area contributed by atoms with Gasteiger partial charge in [-0.1, -0.05) is 18.2 Å². The van der Waals surface area contributed by atoms with E-state index in [0.29, 0.717) is 36.3 Å². The van der Waals surface area contributed by atoms with Crippen LogP contribution in [0.1, 0.15) is 10.5 Å². The minimum Gasteiger partial charge on any atom is -0.491 e. The lowest BCUT2D eigenvalue weighted by Crippen LogP contribution is -2.17. The minimum absolute atomic E-state index is 0.292. The van der Waals surface area contributed by atoms with Gasteiger partial charge in [0.25, 0.3) is 5.91 Å². The lowest BCUT2D eigenvalue weighted by atomic mass is 10.1. The Kier molecular flexibility index (Phi) is 5.68. The fraction of sp³-hybridized carbons (Fsp3) is 0.211. The van der Waals surface area contributed by atoms with Crippen molar-refractivity contribution in [1.82, 2.24) is 14.8 Å². The van der Waals surface area contributed by atoms with Crippen molar-refractivity contribution >= 4 is 17.5 Å². The van der Waals surface area contributed by atoms with E-state index in [1.165, 1.54) is 4.68 Å². The number of nitrogens with one attached hydrogen (secondary N) is 1. The Morgan fingerprint density at radius 1 is 1.15 bits per heavy atom. The first kappa shape index (κ1) is 18.4. The Hall–Kier alpha value is -3.39. The van der Waals surface area contributed by atoms with Gasteiger partial charge in [0.05, 0.1) is 6.61 Å². The van der Waals surface area contributed by atoms with Crippen molar-refractivity contribution in [3.05, 3.63) is 54.4 Å². The molecule has 3 N–H and O–H groups in total. The van der Waals surface area contributed by atoms with Gasteiger partial charge in [-0.15, -0.1) is 0 Å². The molecule has 27 heavy (non-hydrogen) atoms. The van der Waals surface area contributed by atoms with Gasteiger partial charge < -0.3 is 20.5 Å². The summed E-state index contributed by atoms with van der Waals surface area (Å²) >= 11 is 0. The van der Waals surface area contributed by atoms with Crippen LogP contribution in [-0.4, -0.2) is 41.0 Å². The van der Waals surface area contributed by atoms with Gasteiger partial charge in [-0.25, -0.2) is 4.98 Å². The van der Waals surface area contributed by atoms with Crippen molar-refractivity contribution in [3.8, 4) is 16.9 Å². The summed E-state index contributed by atoms with van der Waals surface area (Å²) in [5, 5.41) is 6.70. The average Bonchev–Trinajstić information content (AvgIpc) is 3.09. The number of ether oxygens (including phenoxy) is 2. The summed E-state index contributed by atoms with van der Waals surface area (Å²) in [7, 11) is 3.32. The highest BCUT2D eigenvalue weighted by Gasteiger charge is 2.14. The number of nitrogens with zero attached hydrogens (tertiary/aromatic N) is 3. The summed E-state index contributed by atoms with van der Waals surface area (Å²) in [6.45, 7) is 0.917. The number of methoxy groups -OCH3 is 1. The van der Waals surface area contributed by atoms with Crippen molar-refractivity contribution in [3.63, 3.8) is 0 Å². The van der Waals surface area contributed by atoms with Gasteiger partial charge in [-0.2, -0.15) is 5.10 Å². The third kappa shape index (κ3) is 4.24. The molecule has 0 bridgehead atoms. The maximum Gasteiger partial charge on any atom is 0.275 e. The molecule has 8 heteroatoms. The number of hydrogen-bond donors (Lipinski definition) is 2. The van der Waals surface area contributed by atoms with Crippen LogP contribution in [0.15, 0.2) is 48.7 Å². The Balaban J connectivity index is 1.81. The number of nitrogens with two attached hydrogens (primary N) is 1. The molecule has 0 aliphatic heterocycles. The number of anilines is 2. The van der Waals surface area contributed by atoms with Gasteiger partial charge in [0.15, 0.2) is 0 Å². The van der Waals surface area contributed by atoms with Crippen LogP contribution in [0.3, 0.4) is 0 Å². The molecule has 3 aromatic rings. The van der Waals surface area contributed by atoms with Crippen molar-refractivity contribution in [2.75, 3.05) is 31.4 Å². The number of carbonyl (C=O) groups excluding carboxylic acids is 1. The second-order valence-corrected chi connectivity index (χ2v) is 5.76. The summed E-state index contributed by atoms with van der Waals surface area (Å²) in [5.41, 5.74) is 8.11. The van der Waals surface area contributed by atoms with Crippen LogP contribution in [0.25, 0.3) is 11.1 Å². The summed E-state index contributed by atoms with van der Waals surface area (Å²) in [5.74, 6) is 1.04. The van der Waals surface area contributed by atoms with Gasteiger partial charge in [-0.05, 0) is 24.3 Å². The zero-order valence-electron chi connectivity index (χ0n) is 15.2. The van der Waals surface area contributed by atoms with Gasteiger partial charge in [-0.3, -0.25) is 9.48 Å². The lowest BCUT2D eigenvalue weighted by molar-refractivity contribution is 0.101. The topological polar surface area (TPSA) is 104 Å². The van der Waals surface area contributed by atoms with Crippen LogP contribution in [0.2, 0.25) is 0 Å². The van der Waals surface area contributed by atoms with E-state index in [4.69, 9.17) is 15.2 Å². The van der Waals surface area contributed by atoms with Gasteiger partial charge in [0.1, 0.15) is 29.7 Å². The Bertz CT molecular complexity index is 939. The van der Waals surface area contributed by atoms with E-state index in [1.54, 1.807) is 38.6 Å². The smallest absolute Gasteiger partial charge is 0.275 e. The van der Waals surface area contributed by atoms with Gasteiger partial charge in [0, 0.05) is 31.5 Å². The van der Waals surface area contributed by atoms with Crippen molar-refractivity contribution in [1.29, 1.82) is 0 Å². The molecule has 3 rings (SSSR count). The molecule has 0 saturated carbocycles. The summed E-state index contributed by atoms with van der Waals surface area (Å²) in [4.78, 5) is 16.6. The first-order valence-corrected chi connectivity index (χ1v) is 8.37. The van der Waals surface area contributed by atoms with E-state index in [-0.39, 0.29) is 5.91 Å². The SMILES string of the molecule is COCCOc1ccccc1-c1ccc(NC(=O)c2ccnn2C)nc1N. The molecule has 0 saturated heterocycles. The Labute approximate surface area is 156 Å². The van der Waals surface area contributed by atoms with E-state index in [2.05, 4.69) is 15.4 Å². The number of benzene rings is 1. The number of pyridine rings is 1. The number of para-hydroxylation sites is 1.